The number of likely N-dealkylation sites (N-methyl/N-ethyl adjacent to an activating group) is 1. The molecule has 37 heavy (non-hydrogen) atoms. The Morgan fingerprint density at radius 1 is 1.16 bits per heavy atom. The fourth-order valence-corrected chi connectivity index (χ4v) is 4.95. The second-order valence-electron chi connectivity index (χ2n) is 8.68. The number of methoxy groups -OCH3 is 1. The minimum atomic E-state index is -2.12. The number of hydrogen-bond acceptors (Lipinski definition) is 7. The Bertz CT molecular complexity index is 1280. The summed E-state index contributed by atoms with van der Waals surface area (Å²) in [6.45, 7) is 6.78. The number of amides is 1. The molecule has 0 aliphatic carbocycles. The van der Waals surface area contributed by atoms with Gasteiger partial charge in [0.05, 0.1) is 23.4 Å². The van der Waals surface area contributed by atoms with Gasteiger partial charge in [-0.2, -0.15) is 0 Å². The topological polar surface area (TPSA) is 92.2 Å². The number of ether oxygens (including phenoxy) is 2. The number of fused-ring (bicyclic) bond motifs is 1. The second-order valence-corrected chi connectivity index (χ2v) is 9.09. The molecule has 1 atom stereocenters. The lowest BCUT2D eigenvalue weighted by molar-refractivity contribution is -0.132. The van der Waals surface area contributed by atoms with Gasteiger partial charge >= 0.3 is 5.97 Å². The van der Waals surface area contributed by atoms with E-state index < -0.39 is 17.5 Å². The van der Waals surface area contributed by atoms with Gasteiger partial charge in [-0.15, -0.1) is 0 Å². The van der Waals surface area contributed by atoms with E-state index in [9.17, 15) is 14.7 Å². The predicted molar refractivity (Wildman–Crippen MR) is 141 cm³/mol. The minimum Gasteiger partial charge on any atom is -0.488 e. The summed E-state index contributed by atoms with van der Waals surface area (Å²) < 4.78 is 10.9. The fraction of sp³-hybridized carbons (Fsp3) is 0.321. The zero-order valence-electron chi connectivity index (χ0n) is 21.1. The molecule has 1 N–H and O–H groups in total. The number of aromatic nitrogens is 1. The minimum absolute atomic E-state index is 0.0844. The van der Waals surface area contributed by atoms with E-state index in [1.54, 1.807) is 48.8 Å². The maximum absolute atomic E-state index is 14.0. The summed E-state index contributed by atoms with van der Waals surface area (Å²) in [6, 6.07) is 13.5. The number of esters is 1. The smallest absolute Gasteiger partial charge is 0.337 e. The van der Waals surface area contributed by atoms with E-state index in [0.717, 1.165) is 18.7 Å². The van der Waals surface area contributed by atoms with Crippen LogP contribution < -0.4 is 9.64 Å². The zero-order valence-corrected chi connectivity index (χ0v) is 21.9. The van der Waals surface area contributed by atoms with Gasteiger partial charge in [0.1, 0.15) is 12.4 Å². The normalized spacial score (nSPS) is 16.7. The molecule has 0 radical (unpaired) electrons. The lowest BCUT2D eigenvalue weighted by Crippen LogP contribution is -2.44. The maximum Gasteiger partial charge on any atom is 0.337 e. The Kier molecular flexibility index (Phi) is 8.12. The third-order valence-corrected chi connectivity index (χ3v) is 6.92. The van der Waals surface area contributed by atoms with Gasteiger partial charge in [-0.25, -0.2) is 4.79 Å². The van der Waals surface area contributed by atoms with Crippen molar-refractivity contribution in [1.82, 2.24) is 9.88 Å². The van der Waals surface area contributed by atoms with Gasteiger partial charge in [0.25, 0.3) is 5.91 Å². The molecule has 9 heteroatoms. The van der Waals surface area contributed by atoms with Crippen molar-refractivity contribution >= 4 is 29.2 Å². The van der Waals surface area contributed by atoms with Gasteiger partial charge in [-0.05, 0) is 37.4 Å². The number of halogens is 1. The molecule has 0 spiro atoms. The summed E-state index contributed by atoms with van der Waals surface area (Å²) in [7, 11) is 1.28. The molecule has 1 aliphatic rings. The molecule has 2 aromatic carbocycles. The van der Waals surface area contributed by atoms with Crippen molar-refractivity contribution in [2.24, 2.45) is 0 Å². The van der Waals surface area contributed by atoms with E-state index in [1.165, 1.54) is 18.1 Å². The number of benzene rings is 2. The predicted octanol–water partition coefficient (Wildman–Crippen LogP) is 4.02. The Balaban J connectivity index is 1.81. The third-order valence-electron chi connectivity index (χ3n) is 6.63. The summed E-state index contributed by atoms with van der Waals surface area (Å²) in [5, 5.41) is 12.3. The molecule has 1 unspecified atom stereocenters. The Morgan fingerprint density at radius 3 is 2.59 bits per heavy atom. The van der Waals surface area contributed by atoms with Crippen LogP contribution in [0.2, 0.25) is 5.02 Å². The van der Waals surface area contributed by atoms with Crippen molar-refractivity contribution in [3.8, 4) is 5.75 Å². The van der Waals surface area contributed by atoms with Gasteiger partial charge in [-0.3, -0.25) is 9.78 Å². The van der Waals surface area contributed by atoms with Crippen LogP contribution in [0.15, 0.2) is 60.9 Å². The second kappa shape index (κ2) is 11.3. The summed E-state index contributed by atoms with van der Waals surface area (Å²) in [6.07, 6.45) is 3.36. The lowest BCUT2D eigenvalue weighted by atomic mass is 9.86. The summed E-state index contributed by atoms with van der Waals surface area (Å²) in [5.74, 6) is -0.806. The van der Waals surface area contributed by atoms with Crippen LogP contribution in [0.25, 0.3) is 0 Å². The molecule has 1 aromatic heterocycles. The Hall–Kier alpha value is -3.46. The van der Waals surface area contributed by atoms with Crippen LogP contribution in [0.5, 0.6) is 5.75 Å². The highest BCUT2D eigenvalue weighted by atomic mass is 35.5. The summed E-state index contributed by atoms with van der Waals surface area (Å²) >= 11 is 6.68. The molecular formula is C28H30ClN3O5. The van der Waals surface area contributed by atoms with Gasteiger partial charge < -0.3 is 24.4 Å². The Labute approximate surface area is 221 Å². The third kappa shape index (κ3) is 5.05. The number of nitrogens with zero attached hydrogens (tertiary/aromatic N) is 3. The van der Waals surface area contributed by atoms with Crippen LogP contribution in [0, 0.1) is 0 Å². The molecule has 194 valence electrons. The van der Waals surface area contributed by atoms with E-state index in [2.05, 4.69) is 9.88 Å². The van der Waals surface area contributed by atoms with Crippen molar-refractivity contribution in [3.05, 3.63) is 88.2 Å². The van der Waals surface area contributed by atoms with E-state index in [4.69, 9.17) is 21.1 Å². The van der Waals surface area contributed by atoms with Crippen LogP contribution in [0.4, 0.5) is 5.69 Å². The van der Waals surface area contributed by atoms with Crippen LogP contribution in [0.1, 0.15) is 40.9 Å². The SMILES string of the molecule is CCN(CC)CCN1C(=O)C(O)(c2ccccc2OCc2cccnc2)c2c(Cl)cc(C(=O)OC)cc21. The number of carbonyl (C=O) groups is 2. The van der Waals surface area contributed by atoms with E-state index in [1.807, 2.05) is 19.9 Å². The molecule has 2 heterocycles. The molecule has 1 amide bonds. The van der Waals surface area contributed by atoms with Crippen molar-refractivity contribution in [2.75, 3.05) is 38.2 Å². The highest BCUT2D eigenvalue weighted by Gasteiger charge is 2.54. The molecule has 4 rings (SSSR count). The monoisotopic (exact) mass is 523 g/mol. The lowest BCUT2D eigenvalue weighted by Gasteiger charge is -2.27. The van der Waals surface area contributed by atoms with Gasteiger partial charge in [0, 0.05) is 42.2 Å². The highest BCUT2D eigenvalue weighted by Crippen LogP contribution is 2.50. The average Bonchev–Trinajstić information content (AvgIpc) is 3.15. The van der Waals surface area contributed by atoms with Gasteiger partial charge in [0.2, 0.25) is 5.60 Å². The van der Waals surface area contributed by atoms with Gasteiger partial charge in [-0.1, -0.05) is 49.7 Å². The standard InChI is InChI=1S/C28H30ClN3O5/c1-4-31(5-2)13-14-32-23-16-20(26(33)36-3)15-22(29)25(23)28(35,27(32)34)21-10-6-7-11-24(21)37-18-19-9-8-12-30-17-19/h6-12,15-17,35H,4-5,13-14,18H2,1-3H3. The van der Waals surface area contributed by atoms with Crippen LogP contribution >= 0.6 is 11.6 Å². The van der Waals surface area contributed by atoms with Crippen molar-refractivity contribution in [1.29, 1.82) is 0 Å². The van der Waals surface area contributed by atoms with Crippen molar-refractivity contribution < 1.29 is 24.2 Å². The number of rotatable bonds is 10. The van der Waals surface area contributed by atoms with Crippen LogP contribution in [0.3, 0.4) is 0 Å². The van der Waals surface area contributed by atoms with E-state index in [0.29, 0.717) is 24.5 Å². The molecule has 3 aromatic rings. The summed E-state index contributed by atoms with van der Waals surface area (Å²) in [5.41, 5.74) is -0.238. The largest absolute Gasteiger partial charge is 0.488 e. The molecule has 0 bridgehead atoms. The zero-order chi connectivity index (χ0) is 26.6. The van der Waals surface area contributed by atoms with Crippen LogP contribution in [-0.2, 0) is 21.7 Å². The highest BCUT2D eigenvalue weighted by molar-refractivity contribution is 6.33. The molecule has 0 fully saturated rings. The van der Waals surface area contributed by atoms with Gasteiger partial charge in [0.15, 0.2) is 0 Å². The first kappa shape index (κ1) is 26.6. The average molecular weight is 524 g/mol. The molecule has 0 saturated carbocycles. The maximum atomic E-state index is 14.0. The first-order chi connectivity index (χ1) is 17.8. The number of para-hydroxylation sites is 1. The first-order valence-electron chi connectivity index (χ1n) is 12.1. The van der Waals surface area contributed by atoms with E-state index >= 15 is 0 Å². The summed E-state index contributed by atoms with van der Waals surface area (Å²) in [4.78, 5) is 34.1. The number of pyridine rings is 1. The van der Waals surface area contributed by atoms with Crippen molar-refractivity contribution in [3.63, 3.8) is 0 Å². The number of hydrogen-bond donors (Lipinski definition) is 1. The van der Waals surface area contributed by atoms with E-state index in [-0.39, 0.29) is 28.3 Å². The van der Waals surface area contributed by atoms with Crippen molar-refractivity contribution in [2.45, 2.75) is 26.1 Å². The fourth-order valence-electron chi connectivity index (χ4n) is 4.60. The quantitative estimate of drug-likeness (QED) is 0.401. The number of carbonyl (C=O) groups excluding carboxylic acids is 2. The molecule has 8 nitrogen and oxygen atoms in total. The first-order valence-corrected chi connectivity index (χ1v) is 12.5. The molecular weight excluding hydrogens is 494 g/mol. The molecule has 0 saturated heterocycles. The number of anilines is 1. The van der Waals surface area contributed by atoms with Crippen LogP contribution in [-0.4, -0.2) is 60.2 Å². The number of aliphatic hydroxyl groups is 1. The Morgan fingerprint density at radius 2 is 1.92 bits per heavy atom. The molecule has 1 aliphatic heterocycles.